The molecule has 6 heteroatoms. The van der Waals surface area contributed by atoms with E-state index in [-0.39, 0.29) is 12.0 Å². The number of amides is 1. The Morgan fingerprint density at radius 2 is 2.12 bits per heavy atom. The van der Waals surface area contributed by atoms with Gasteiger partial charge >= 0.3 is 0 Å². The molecule has 0 unspecified atom stereocenters. The summed E-state index contributed by atoms with van der Waals surface area (Å²) < 4.78 is 11.1. The summed E-state index contributed by atoms with van der Waals surface area (Å²) in [6.07, 6.45) is 0.163. The van der Waals surface area contributed by atoms with Crippen molar-refractivity contribution in [2.75, 3.05) is 58.3 Å². The van der Waals surface area contributed by atoms with Gasteiger partial charge in [0.05, 0.1) is 26.4 Å². The number of hydrogen-bond acceptors (Lipinski definition) is 5. The molecule has 1 aliphatic heterocycles. The number of nitrogens with zero attached hydrogens (tertiary/aromatic N) is 2. The van der Waals surface area contributed by atoms with Crippen molar-refractivity contribution in [1.29, 1.82) is 0 Å². The molecule has 0 radical (unpaired) electrons. The minimum Gasteiger partial charge on any atom is -0.497 e. The lowest BCUT2D eigenvalue weighted by Crippen LogP contribution is -2.49. The first-order valence-corrected chi connectivity index (χ1v) is 9.50. The summed E-state index contributed by atoms with van der Waals surface area (Å²) in [6.45, 7) is 12.3. The zero-order valence-electron chi connectivity index (χ0n) is 16.5. The molecule has 0 aliphatic carbocycles. The highest BCUT2D eigenvalue weighted by Crippen LogP contribution is 2.15. The van der Waals surface area contributed by atoms with E-state index < -0.39 is 0 Å². The Morgan fingerprint density at radius 3 is 2.73 bits per heavy atom. The molecule has 1 atom stereocenters. The summed E-state index contributed by atoms with van der Waals surface area (Å²) in [7, 11) is 1.63. The van der Waals surface area contributed by atoms with Gasteiger partial charge < -0.3 is 14.8 Å². The molecule has 146 valence electrons. The number of nitrogens with one attached hydrogen (secondary N) is 1. The summed E-state index contributed by atoms with van der Waals surface area (Å²) in [5, 5.41) is 2.94. The van der Waals surface area contributed by atoms with Crippen LogP contribution >= 0.6 is 0 Å². The summed E-state index contributed by atoms with van der Waals surface area (Å²) in [5.74, 6) is 1.43. The fraction of sp³-hybridized carbons (Fsp3) is 0.650. The first kappa shape index (κ1) is 20.7. The van der Waals surface area contributed by atoms with E-state index in [2.05, 4.69) is 35.9 Å². The Balaban J connectivity index is 1.80. The molecular weight excluding hydrogens is 330 g/mol. The molecule has 1 aromatic rings. The standard InChI is InChI=1S/C20H33N3O3/c1-5-22(13-19-14-23(10-11-26-19)12-16(2)3)15-20(24)21-17-6-8-18(25-4)9-7-17/h6-9,16,19H,5,10-15H2,1-4H3,(H,21,24)/t19-/m0/s1. The minimum atomic E-state index is -0.00753. The van der Waals surface area contributed by atoms with E-state index in [1.165, 1.54) is 0 Å². The van der Waals surface area contributed by atoms with Crippen LogP contribution < -0.4 is 10.1 Å². The fourth-order valence-electron chi connectivity index (χ4n) is 3.24. The predicted molar refractivity (Wildman–Crippen MR) is 105 cm³/mol. The van der Waals surface area contributed by atoms with Gasteiger partial charge in [-0.25, -0.2) is 0 Å². The van der Waals surface area contributed by atoms with E-state index in [0.29, 0.717) is 12.5 Å². The van der Waals surface area contributed by atoms with E-state index in [1.54, 1.807) is 7.11 Å². The molecule has 1 aliphatic rings. The number of hydrogen-bond donors (Lipinski definition) is 1. The van der Waals surface area contributed by atoms with Crippen LogP contribution in [0.4, 0.5) is 5.69 Å². The van der Waals surface area contributed by atoms with Gasteiger partial charge in [0, 0.05) is 31.9 Å². The Labute approximate surface area is 157 Å². The summed E-state index contributed by atoms with van der Waals surface area (Å²) in [4.78, 5) is 17.0. The molecule has 1 aromatic carbocycles. The third-order valence-corrected chi connectivity index (χ3v) is 4.50. The molecule has 1 heterocycles. The van der Waals surface area contributed by atoms with E-state index >= 15 is 0 Å². The van der Waals surface area contributed by atoms with Crippen LogP contribution in [0.3, 0.4) is 0 Å². The SMILES string of the molecule is CCN(CC(=O)Nc1ccc(OC)cc1)C[C@H]1CN(CC(C)C)CCO1. The van der Waals surface area contributed by atoms with Gasteiger partial charge in [0.2, 0.25) is 5.91 Å². The largest absolute Gasteiger partial charge is 0.497 e. The average Bonchev–Trinajstić information content (AvgIpc) is 2.61. The quantitative estimate of drug-likeness (QED) is 0.730. The molecule has 6 nitrogen and oxygen atoms in total. The van der Waals surface area contributed by atoms with Crippen LogP contribution in [0.15, 0.2) is 24.3 Å². The first-order valence-electron chi connectivity index (χ1n) is 9.50. The van der Waals surface area contributed by atoms with Crippen molar-refractivity contribution >= 4 is 11.6 Å². The van der Waals surface area contributed by atoms with Crippen LogP contribution in [0.1, 0.15) is 20.8 Å². The van der Waals surface area contributed by atoms with Crippen molar-refractivity contribution < 1.29 is 14.3 Å². The van der Waals surface area contributed by atoms with Crippen LogP contribution in [-0.2, 0) is 9.53 Å². The summed E-state index contributed by atoms with van der Waals surface area (Å²) in [5.41, 5.74) is 0.781. The fourth-order valence-corrected chi connectivity index (χ4v) is 3.24. The predicted octanol–water partition coefficient (Wildman–Crippen LogP) is 2.31. The van der Waals surface area contributed by atoms with Gasteiger partial charge in [-0.2, -0.15) is 0 Å². The summed E-state index contributed by atoms with van der Waals surface area (Å²) >= 11 is 0. The van der Waals surface area contributed by atoms with Crippen molar-refractivity contribution in [2.45, 2.75) is 26.9 Å². The maximum absolute atomic E-state index is 12.4. The van der Waals surface area contributed by atoms with E-state index in [1.807, 2.05) is 24.3 Å². The number of methoxy groups -OCH3 is 1. The monoisotopic (exact) mass is 363 g/mol. The van der Waals surface area contributed by atoms with Crippen LogP contribution in [0, 0.1) is 5.92 Å². The molecule has 0 spiro atoms. The molecule has 0 saturated carbocycles. The van der Waals surface area contributed by atoms with Gasteiger partial charge in [0.25, 0.3) is 0 Å². The number of carbonyl (C=O) groups excluding carboxylic acids is 1. The molecule has 1 saturated heterocycles. The zero-order valence-corrected chi connectivity index (χ0v) is 16.5. The van der Waals surface area contributed by atoms with E-state index in [9.17, 15) is 4.79 Å². The third kappa shape index (κ3) is 6.94. The number of carbonyl (C=O) groups is 1. The Morgan fingerprint density at radius 1 is 1.38 bits per heavy atom. The van der Waals surface area contributed by atoms with Gasteiger partial charge in [0.15, 0.2) is 0 Å². The number of anilines is 1. The molecule has 2 rings (SSSR count). The highest BCUT2D eigenvalue weighted by molar-refractivity contribution is 5.92. The van der Waals surface area contributed by atoms with Gasteiger partial charge in [-0.3, -0.25) is 14.6 Å². The van der Waals surface area contributed by atoms with Crippen LogP contribution in [0.25, 0.3) is 0 Å². The molecular formula is C20H33N3O3. The van der Waals surface area contributed by atoms with Crippen molar-refractivity contribution in [2.24, 2.45) is 5.92 Å². The van der Waals surface area contributed by atoms with Crippen molar-refractivity contribution in [3.8, 4) is 5.75 Å². The maximum atomic E-state index is 12.4. The number of benzene rings is 1. The Hall–Kier alpha value is -1.63. The van der Waals surface area contributed by atoms with Crippen molar-refractivity contribution in [1.82, 2.24) is 9.80 Å². The van der Waals surface area contributed by atoms with Gasteiger partial charge in [0.1, 0.15) is 5.75 Å². The number of ether oxygens (including phenoxy) is 2. The minimum absolute atomic E-state index is 0.00753. The van der Waals surface area contributed by atoms with Crippen molar-refractivity contribution in [3.05, 3.63) is 24.3 Å². The van der Waals surface area contributed by atoms with Crippen molar-refractivity contribution in [3.63, 3.8) is 0 Å². The van der Waals surface area contributed by atoms with E-state index in [0.717, 1.165) is 50.8 Å². The lowest BCUT2D eigenvalue weighted by Gasteiger charge is -2.36. The number of likely N-dealkylation sites (N-methyl/N-ethyl adjacent to an activating group) is 1. The third-order valence-electron chi connectivity index (χ3n) is 4.50. The zero-order chi connectivity index (χ0) is 18.9. The summed E-state index contributed by atoms with van der Waals surface area (Å²) in [6, 6.07) is 7.38. The van der Waals surface area contributed by atoms with Gasteiger partial charge in [-0.15, -0.1) is 0 Å². The van der Waals surface area contributed by atoms with E-state index in [4.69, 9.17) is 9.47 Å². The van der Waals surface area contributed by atoms with Crippen LogP contribution in [-0.4, -0.2) is 74.8 Å². The second-order valence-electron chi connectivity index (χ2n) is 7.25. The number of rotatable bonds is 9. The second kappa shape index (κ2) is 10.5. The lowest BCUT2D eigenvalue weighted by molar-refractivity contribution is -0.118. The second-order valence-corrected chi connectivity index (χ2v) is 7.25. The molecule has 1 N–H and O–H groups in total. The first-order chi connectivity index (χ1) is 12.5. The Bertz CT molecular complexity index is 548. The Kier molecular flexibility index (Phi) is 8.35. The van der Waals surface area contributed by atoms with Gasteiger partial charge in [-0.05, 0) is 36.7 Å². The normalized spacial score (nSPS) is 18.3. The number of morpholine rings is 1. The smallest absolute Gasteiger partial charge is 0.238 e. The molecule has 1 fully saturated rings. The average molecular weight is 364 g/mol. The highest BCUT2D eigenvalue weighted by Gasteiger charge is 2.23. The molecule has 26 heavy (non-hydrogen) atoms. The van der Waals surface area contributed by atoms with Crippen LogP contribution in [0.5, 0.6) is 5.75 Å². The molecule has 1 amide bonds. The maximum Gasteiger partial charge on any atom is 0.238 e. The molecule has 0 aromatic heterocycles. The lowest BCUT2D eigenvalue weighted by atomic mass is 10.1. The molecule has 0 bridgehead atoms. The highest BCUT2D eigenvalue weighted by atomic mass is 16.5. The topological polar surface area (TPSA) is 54.0 Å². The van der Waals surface area contributed by atoms with Gasteiger partial charge in [-0.1, -0.05) is 20.8 Å². The van der Waals surface area contributed by atoms with Crippen LogP contribution in [0.2, 0.25) is 0 Å².